The first-order valence-corrected chi connectivity index (χ1v) is 9.58. The van der Waals surface area contributed by atoms with Gasteiger partial charge in [0.15, 0.2) is 0 Å². The maximum absolute atomic E-state index is 12.4. The molecule has 0 radical (unpaired) electrons. The quantitative estimate of drug-likeness (QED) is 0.399. The second kappa shape index (κ2) is 5.44. The van der Waals surface area contributed by atoms with E-state index in [-0.39, 0.29) is 15.5 Å². The fourth-order valence-corrected chi connectivity index (χ4v) is 5.68. The van der Waals surface area contributed by atoms with E-state index in [1.807, 2.05) is 0 Å². The molecular formula is C17H27IO2. The summed E-state index contributed by atoms with van der Waals surface area (Å²) >= 11 is 2.24. The lowest BCUT2D eigenvalue weighted by atomic mass is 9.47. The summed E-state index contributed by atoms with van der Waals surface area (Å²) in [7, 11) is 0. The van der Waals surface area contributed by atoms with Crippen molar-refractivity contribution in [2.45, 2.75) is 68.8 Å². The molecule has 0 aromatic rings. The summed E-state index contributed by atoms with van der Waals surface area (Å²) in [5, 5.41) is 0. The fraction of sp³-hybridized carbons (Fsp3) is 0.941. The van der Waals surface area contributed by atoms with Crippen LogP contribution in [0, 0.1) is 29.6 Å². The van der Waals surface area contributed by atoms with Crippen LogP contribution in [0.4, 0.5) is 0 Å². The zero-order chi connectivity index (χ0) is 14.5. The number of hydrogen-bond donors (Lipinski definition) is 0. The van der Waals surface area contributed by atoms with E-state index >= 15 is 0 Å². The number of carbonyl (C=O) groups excluding carboxylic acids is 1. The molecule has 0 aliphatic heterocycles. The minimum absolute atomic E-state index is 0.0143. The number of halogens is 1. The molecule has 20 heavy (non-hydrogen) atoms. The van der Waals surface area contributed by atoms with Crippen LogP contribution < -0.4 is 0 Å². The average Bonchev–Trinajstić information content (AvgIpc) is 2.40. The van der Waals surface area contributed by atoms with Gasteiger partial charge >= 0.3 is 5.97 Å². The Labute approximate surface area is 136 Å². The molecule has 0 heterocycles. The maximum atomic E-state index is 12.4. The van der Waals surface area contributed by atoms with Crippen LogP contribution >= 0.6 is 22.6 Å². The van der Waals surface area contributed by atoms with Crippen LogP contribution in [0.5, 0.6) is 0 Å². The van der Waals surface area contributed by atoms with E-state index in [0.717, 1.165) is 18.3 Å². The fourth-order valence-electron chi connectivity index (χ4n) is 5.55. The Kier molecular flexibility index (Phi) is 4.11. The Balaban J connectivity index is 1.87. The summed E-state index contributed by atoms with van der Waals surface area (Å²) < 4.78 is 6.30. The van der Waals surface area contributed by atoms with Crippen molar-refractivity contribution < 1.29 is 9.53 Å². The van der Waals surface area contributed by atoms with Gasteiger partial charge in [-0.15, -0.1) is 0 Å². The van der Waals surface area contributed by atoms with Crippen LogP contribution in [-0.4, -0.2) is 15.5 Å². The number of esters is 1. The summed E-state index contributed by atoms with van der Waals surface area (Å²) in [5.74, 6) is 3.58. The number of hydrogen-bond acceptors (Lipinski definition) is 2. The number of carbonyl (C=O) groups is 1. The highest BCUT2D eigenvalue weighted by Gasteiger charge is 2.60. The zero-order valence-corrected chi connectivity index (χ0v) is 15.1. The lowest BCUT2D eigenvalue weighted by molar-refractivity contribution is -0.224. The smallest absolute Gasteiger partial charge is 0.319 e. The molecule has 4 rings (SSSR count). The molecule has 4 fully saturated rings. The minimum Gasteiger partial charge on any atom is -0.457 e. The molecule has 0 amide bonds. The number of ether oxygens (including phenoxy) is 1. The molecule has 0 saturated heterocycles. The topological polar surface area (TPSA) is 26.3 Å². The van der Waals surface area contributed by atoms with Crippen molar-refractivity contribution in [3.8, 4) is 0 Å². The van der Waals surface area contributed by atoms with Crippen molar-refractivity contribution in [1.82, 2.24) is 0 Å². The van der Waals surface area contributed by atoms with Crippen LogP contribution in [0.25, 0.3) is 0 Å². The van der Waals surface area contributed by atoms with Crippen molar-refractivity contribution >= 4 is 28.6 Å². The van der Waals surface area contributed by atoms with Gasteiger partial charge in [-0.05, 0) is 68.1 Å². The van der Waals surface area contributed by atoms with Gasteiger partial charge in [-0.3, -0.25) is 4.79 Å². The third-order valence-electron chi connectivity index (χ3n) is 6.21. The van der Waals surface area contributed by atoms with Gasteiger partial charge < -0.3 is 4.74 Å². The molecule has 0 spiro atoms. The van der Waals surface area contributed by atoms with Gasteiger partial charge in [0.25, 0.3) is 0 Å². The molecule has 4 saturated carbocycles. The predicted octanol–water partition coefficient (Wildman–Crippen LogP) is 4.59. The number of alkyl halides is 1. The van der Waals surface area contributed by atoms with Crippen LogP contribution in [-0.2, 0) is 9.53 Å². The predicted molar refractivity (Wildman–Crippen MR) is 88.8 cm³/mol. The van der Waals surface area contributed by atoms with E-state index in [9.17, 15) is 4.79 Å². The van der Waals surface area contributed by atoms with Gasteiger partial charge in [0.2, 0.25) is 0 Å². The first-order valence-electron chi connectivity index (χ1n) is 8.34. The molecular weight excluding hydrogens is 363 g/mol. The highest BCUT2D eigenvalue weighted by molar-refractivity contribution is 14.1. The molecule has 4 bridgehead atoms. The van der Waals surface area contributed by atoms with E-state index in [1.165, 1.54) is 32.1 Å². The second-order valence-corrected chi connectivity index (χ2v) is 9.11. The van der Waals surface area contributed by atoms with Crippen LogP contribution in [0.15, 0.2) is 0 Å². The van der Waals surface area contributed by atoms with Gasteiger partial charge in [0.05, 0.1) is 0 Å². The van der Waals surface area contributed by atoms with Crippen molar-refractivity contribution in [3.63, 3.8) is 0 Å². The molecule has 4 aliphatic rings. The first-order chi connectivity index (χ1) is 9.47. The van der Waals surface area contributed by atoms with Crippen molar-refractivity contribution in [1.29, 1.82) is 0 Å². The Morgan fingerprint density at radius 3 is 2.05 bits per heavy atom. The molecule has 114 valence electrons. The molecule has 1 atom stereocenters. The molecule has 1 unspecified atom stereocenters. The normalized spacial score (nSPS) is 43.9. The summed E-state index contributed by atoms with van der Waals surface area (Å²) in [6.07, 6.45) is 7.52. The van der Waals surface area contributed by atoms with Gasteiger partial charge in [-0.1, -0.05) is 43.4 Å². The maximum Gasteiger partial charge on any atom is 0.319 e. The molecule has 3 heteroatoms. The average molecular weight is 390 g/mol. The van der Waals surface area contributed by atoms with Crippen LogP contribution in [0.2, 0.25) is 0 Å². The van der Waals surface area contributed by atoms with Crippen molar-refractivity contribution in [2.75, 3.05) is 0 Å². The van der Waals surface area contributed by atoms with Gasteiger partial charge in [-0.2, -0.15) is 0 Å². The van der Waals surface area contributed by atoms with E-state index in [2.05, 4.69) is 43.4 Å². The van der Waals surface area contributed by atoms with E-state index in [4.69, 9.17) is 4.74 Å². The third kappa shape index (κ3) is 2.22. The number of rotatable bonds is 4. The summed E-state index contributed by atoms with van der Waals surface area (Å²) in [4.78, 5) is 12.4. The minimum atomic E-state index is -0.150. The molecule has 2 nitrogen and oxygen atoms in total. The van der Waals surface area contributed by atoms with Gasteiger partial charge in [0.1, 0.15) is 9.53 Å². The lowest BCUT2D eigenvalue weighted by Gasteiger charge is -2.62. The van der Waals surface area contributed by atoms with Crippen LogP contribution in [0.3, 0.4) is 0 Å². The lowest BCUT2D eigenvalue weighted by Crippen LogP contribution is -2.62. The Bertz CT molecular complexity index is 362. The monoisotopic (exact) mass is 390 g/mol. The van der Waals surface area contributed by atoms with Gasteiger partial charge in [0, 0.05) is 0 Å². The standard InChI is InChI=1S/C17H27IO2/c1-4-15(18)16(19)20-17(10(2)3)13-6-11-5-12(8-13)9-14(17)7-11/h10-15H,4-9H2,1-3H3. The summed E-state index contributed by atoms with van der Waals surface area (Å²) in [6, 6.07) is 0. The molecule has 4 aliphatic carbocycles. The molecule has 0 N–H and O–H groups in total. The van der Waals surface area contributed by atoms with E-state index in [1.54, 1.807) is 0 Å². The third-order valence-corrected chi connectivity index (χ3v) is 7.60. The Hall–Kier alpha value is 0.200. The first kappa shape index (κ1) is 15.1. The summed E-state index contributed by atoms with van der Waals surface area (Å²) in [6.45, 7) is 6.60. The van der Waals surface area contributed by atoms with Crippen molar-refractivity contribution in [2.24, 2.45) is 29.6 Å². The second-order valence-electron chi connectivity index (χ2n) is 7.61. The van der Waals surface area contributed by atoms with E-state index < -0.39 is 0 Å². The SMILES string of the molecule is CCC(I)C(=O)OC1(C(C)C)C2CC3CC(C2)CC1C3. The highest BCUT2D eigenvalue weighted by atomic mass is 127. The molecule has 0 aromatic carbocycles. The zero-order valence-electron chi connectivity index (χ0n) is 12.9. The Morgan fingerprint density at radius 1 is 1.15 bits per heavy atom. The van der Waals surface area contributed by atoms with Gasteiger partial charge in [-0.25, -0.2) is 0 Å². The van der Waals surface area contributed by atoms with Crippen LogP contribution in [0.1, 0.15) is 59.3 Å². The molecule has 0 aromatic heterocycles. The van der Waals surface area contributed by atoms with E-state index in [0.29, 0.717) is 17.8 Å². The largest absolute Gasteiger partial charge is 0.457 e. The highest BCUT2D eigenvalue weighted by Crippen LogP contribution is 2.61. The Morgan fingerprint density at radius 2 is 1.65 bits per heavy atom. The van der Waals surface area contributed by atoms with Crippen molar-refractivity contribution in [3.05, 3.63) is 0 Å². The summed E-state index contributed by atoms with van der Waals surface area (Å²) in [5.41, 5.74) is -0.150.